The van der Waals surface area contributed by atoms with Crippen LogP contribution in [-0.4, -0.2) is 30.1 Å². The molecule has 0 saturated carbocycles. The number of nitrogens with one attached hydrogen (secondary N) is 1. The van der Waals surface area contributed by atoms with Crippen LogP contribution < -0.4 is 5.32 Å². The van der Waals surface area contributed by atoms with Crippen molar-refractivity contribution in [2.45, 2.75) is 52.7 Å². The monoisotopic (exact) mass is 292 g/mol. The van der Waals surface area contributed by atoms with Crippen LogP contribution in [0.5, 0.6) is 0 Å². The van der Waals surface area contributed by atoms with Gasteiger partial charge in [0.05, 0.1) is 0 Å². The molecule has 3 heteroatoms. The average molecular weight is 292 g/mol. The van der Waals surface area contributed by atoms with Gasteiger partial charge in [-0.3, -0.25) is 4.90 Å². The first-order chi connectivity index (χ1) is 9.95. The first-order valence-corrected chi connectivity index (χ1v) is 8.17. The van der Waals surface area contributed by atoms with E-state index in [0.717, 1.165) is 19.6 Å². The van der Waals surface area contributed by atoms with E-state index in [-0.39, 0.29) is 5.82 Å². The lowest BCUT2D eigenvalue weighted by atomic mass is 9.94. The molecule has 1 aromatic rings. The molecule has 1 heterocycles. The number of benzene rings is 1. The van der Waals surface area contributed by atoms with Crippen molar-refractivity contribution in [2.75, 3.05) is 13.1 Å². The summed E-state index contributed by atoms with van der Waals surface area (Å²) in [7, 11) is 0. The van der Waals surface area contributed by atoms with Gasteiger partial charge in [0.1, 0.15) is 5.82 Å². The lowest BCUT2D eigenvalue weighted by Gasteiger charge is -2.43. The van der Waals surface area contributed by atoms with Crippen LogP contribution in [0, 0.1) is 17.7 Å². The Morgan fingerprint density at radius 3 is 2.43 bits per heavy atom. The molecule has 2 unspecified atom stereocenters. The van der Waals surface area contributed by atoms with Gasteiger partial charge in [0.15, 0.2) is 0 Å². The lowest BCUT2D eigenvalue weighted by Crippen LogP contribution is -2.58. The number of hydrogen-bond acceptors (Lipinski definition) is 2. The van der Waals surface area contributed by atoms with Gasteiger partial charge in [-0.1, -0.05) is 39.8 Å². The van der Waals surface area contributed by atoms with Gasteiger partial charge < -0.3 is 5.32 Å². The highest BCUT2D eigenvalue weighted by Crippen LogP contribution is 2.21. The fourth-order valence-corrected chi connectivity index (χ4v) is 3.29. The molecule has 0 spiro atoms. The summed E-state index contributed by atoms with van der Waals surface area (Å²) in [6, 6.07) is 8.07. The maximum Gasteiger partial charge on any atom is 0.123 e. The van der Waals surface area contributed by atoms with E-state index >= 15 is 0 Å². The van der Waals surface area contributed by atoms with Crippen molar-refractivity contribution in [3.8, 4) is 0 Å². The summed E-state index contributed by atoms with van der Waals surface area (Å²) < 4.78 is 13.1. The molecule has 2 nitrogen and oxygen atoms in total. The van der Waals surface area contributed by atoms with Crippen molar-refractivity contribution in [1.29, 1.82) is 0 Å². The van der Waals surface area contributed by atoms with E-state index in [1.165, 1.54) is 12.0 Å². The third-order valence-corrected chi connectivity index (χ3v) is 4.36. The minimum Gasteiger partial charge on any atom is -0.311 e. The predicted octanol–water partition coefficient (Wildman–Crippen LogP) is 3.67. The van der Waals surface area contributed by atoms with E-state index in [4.69, 9.17) is 0 Å². The lowest BCUT2D eigenvalue weighted by molar-refractivity contribution is 0.0852. The van der Waals surface area contributed by atoms with E-state index in [1.807, 2.05) is 12.1 Å². The maximum atomic E-state index is 13.1. The van der Waals surface area contributed by atoms with Crippen LogP contribution in [0.4, 0.5) is 4.39 Å². The molecule has 0 bridgehead atoms. The van der Waals surface area contributed by atoms with Crippen molar-refractivity contribution < 1.29 is 4.39 Å². The Morgan fingerprint density at radius 2 is 1.86 bits per heavy atom. The van der Waals surface area contributed by atoms with Gasteiger partial charge in [-0.25, -0.2) is 4.39 Å². The first kappa shape index (κ1) is 16.4. The van der Waals surface area contributed by atoms with Crippen LogP contribution in [0.3, 0.4) is 0 Å². The minimum absolute atomic E-state index is 0.155. The smallest absolute Gasteiger partial charge is 0.123 e. The topological polar surface area (TPSA) is 15.3 Å². The summed E-state index contributed by atoms with van der Waals surface area (Å²) in [5.41, 5.74) is 1.20. The van der Waals surface area contributed by atoms with E-state index < -0.39 is 0 Å². The molecule has 1 aliphatic heterocycles. The van der Waals surface area contributed by atoms with Crippen molar-refractivity contribution in [3.63, 3.8) is 0 Å². The number of piperazine rings is 1. The highest BCUT2D eigenvalue weighted by Gasteiger charge is 2.29. The van der Waals surface area contributed by atoms with E-state index in [2.05, 4.69) is 37.9 Å². The third-order valence-electron chi connectivity index (χ3n) is 4.36. The maximum absolute atomic E-state index is 13.1. The minimum atomic E-state index is -0.155. The van der Waals surface area contributed by atoms with Crippen LogP contribution in [0.2, 0.25) is 0 Å². The molecule has 2 atom stereocenters. The van der Waals surface area contributed by atoms with Gasteiger partial charge in [-0.15, -0.1) is 0 Å². The zero-order valence-electron chi connectivity index (χ0n) is 13.8. The van der Waals surface area contributed by atoms with Gasteiger partial charge in [0.2, 0.25) is 0 Å². The highest BCUT2D eigenvalue weighted by molar-refractivity contribution is 5.16. The molecule has 118 valence electrons. The Kier molecular flexibility index (Phi) is 5.77. The molecule has 0 radical (unpaired) electrons. The molecular formula is C18H29FN2. The second-order valence-corrected chi connectivity index (χ2v) is 7.10. The van der Waals surface area contributed by atoms with Gasteiger partial charge >= 0.3 is 0 Å². The molecule has 1 aliphatic rings. The Morgan fingerprint density at radius 1 is 1.19 bits per heavy atom. The van der Waals surface area contributed by atoms with Crippen molar-refractivity contribution in [3.05, 3.63) is 35.6 Å². The fraction of sp³-hybridized carbons (Fsp3) is 0.667. The quantitative estimate of drug-likeness (QED) is 0.891. The molecule has 1 saturated heterocycles. The Bertz CT molecular complexity index is 427. The SMILES string of the molecule is CC(C)CC1CN(Cc2ccc(F)cc2)C(C(C)C)CN1. The summed E-state index contributed by atoms with van der Waals surface area (Å²) in [6.45, 7) is 12.2. The molecule has 1 fully saturated rings. The van der Waals surface area contributed by atoms with Crippen molar-refractivity contribution in [1.82, 2.24) is 10.2 Å². The molecule has 0 aliphatic carbocycles. The summed E-state index contributed by atoms with van der Waals surface area (Å²) in [4.78, 5) is 2.57. The van der Waals surface area contributed by atoms with Crippen molar-refractivity contribution >= 4 is 0 Å². The molecule has 21 heavy (non-hydrogen) atoms. The molecule has 1 aromatic carbocycles. The van der Waals surface area contributed by atoms with Gasteiger partial charge in [-0.2, -0.15) is 0 Å². The number of nitrogens with zero attached hydrogens (tertiary/aromatic N) is 1. The summed E-state index contributed by atoms with van der Waals surface area (Å²) in [5, 5.41) is 3.71. The highest BCUT2D eigenvalue weighted by atomic mass is 19.1. The fourth-order valence-electron chi connectivity index (χ4n) is 3.29. The second-order valence-electron chi connectivity index (χ2n) is 7.10. The number of rotatable bonds is 5. The predicted molar refractivity (Wildman–Crippen MR) is 86.7 cm³/mol. The number of hydrogen-bond donors (Lipinski definition) is 1. The second kappa shape index (κ2) is 7.37. The van der Waals surface area contributed by atoms with E-state index in [9.17, 15) is 4.39 Å². The van der Waals surface area contributed by atoms with Gasteiger partial charge in [-0.05, 0) is 36.0 Å². The van der Waals surface area contributed by atoms with Gasteiger partial charge in [0, 0.05) is 31.7 Å². The average Bonchev–Trinajstić information content (AvgIpc) is 2.40. The zero-order chi connectivity index (χ0) is 15.4. The van der Waals surface area contributed by atoms with Crippen LogP contribution >= 0.6 is 0 Å². The Balaban J connectivity index is 2.04. The Labute approximate surface area is 128 Å². The molecule has 2 rings (SSSR count). The van der Waals surface area contributed by atoms with Crippen molar-refractivity contribution in [2.24, 2.45) is 11.8 Å². The summed E-state index contributed by atoms with van der Waals surface area (Å²) in [5.74, 6) is 1.18. The third kappa shape index (κ3) is 4.79. The summed E-state index contributed by atoms with van der Waals surface area (Å²) >= 11 is 0. The standard InChI is InChI=1S/C18H29FN2/c1-13(2)9-17-12-21(18(10-20-17)14(3)4)11-15-5-7-16(19)8-6-15/h5-8,13-14,17-18,20H,9-12H2,1-4H3. The van der Waals surface area contributed by atoms with Gasteiger partial charge in [0.25, 0.3) is 0 Å². The number of halogens is 1. The molecule has 0 amide bonds. The normalized spacial score (nSPS) is 24.0. The van der Waals surface area contributed by atoms with Crippen LogP contribution in [0.15, 0.2) is 24.3 Å². The summed E-state index contributed by atoms with van der Waals surface area (Å²) in [6.07, 6.45) is 1.21. The van der Waals surface area contributed by atoms with Crippen LogP contribution in [-0.2, 0) is 6.54 Å². The van der Waals surface area contributed by atoms with Crippen LogP contribution in [0.25, 0.3) is 0 Å². The van der Waals surface area contributed by atoms with E-state index in [0.29, 0.717) is 23.9 Å². The largest absolute Gasteiger partial charge is 0.311 e. The zero-order valence-corrected chi connectivity index (χ0v) is 13.8. The van der Waals surface area contributed by atoms with Crippen LogP contribution in [0.1, 0.15) is 39.7 Å². The molecule has 0 aromatic heterocycles. The van der Waals surface area contributed by atoms with E-state index in [1.54, 1.807) is 12.1 Å². The Hall–Kier alpha value is -0.930. The molecule has 1 N–H and O–H groups in total. The molecular weight excluding hydrogens is 263 g/mol. The first-order valence-electron chi connectivity index (χ1n) is 8.17.